The summed E-state index contributed by atoms with van der Waals surface area (Å²) >= 11 is 7.89. The number of nitrogens with two attached hydrogens (primary N) is 1. The van der Waals surface area contributed by atoms with Crippen molar-refractivity contribution in [2.45, 2.75) is 101 Å². The van der Waals surface area contributed by atoms with Crippen molar-refractivity contribution in [1.82, 2.24) is 19.5 Å². The van der Waals surface area contributed by atoms with Gasteiger partial charge in [-0.05, 0) is 47.9 Å². The molecule has 0 spiro atoms. The molecule has 1 fully saturated rings. The normalized spacial score (nSPS) is 24.8. The van der Waals surface area contributed by atoms with Crippen LogP contribution in [0.3, 0.4) is 0 Å². The lowest BCUT2D eigenvalue weighted by Gasteiger charge is -2.46. The summed E-state index contributed by atoms with van der Waals surface area (Å²) in [6.45, 7) is 22.6. The fraction of sp³-hybridized carbons (Fsp3) is 0.773. The molecule has 4 atom stereocenters. The third-order valence-corrected chi connectivity index (χ3v) is 18.2. The van der Waals surface area contributed by atoms with Crippen molar-refractivity contribution in [3.63, 3.8) is 0 Å². The van der Waals surface area contributed by atoms with Crippen LogP contribution in [0.15, 0.2) is 6.33 Å². The summed E-state index contributed by atoms with van der Waals surface area (Å²) < 4.78 is 16.2. The van der Waals surface area contributed by atoms with Gasteiger partial charge >= 0.3 is 0 Å². The van der Waals surface area contributed by atoms with E-state index in [4.69, 9.17) is 31.5 Å². The summed E-state index contributed by atoms with van der Waals surface area (Å²) in [5, 5.41) is 4.70. The number of imidazole rings is 1. The van der Waals surface area contributed by atoms with Crippen LogP contribution in [0.1, 0.15) is 46.9 Å². The van der Waals surface area contributed by atoms with Crippen molar-refractivity contribution >= 4 is 57.0 Å². The molecule has 0 aliphatic carbocycles. The standard InChI is InChI=1S/C22H40ClN6O2SSi2/c1-21(2,3)33(8,9)30-14-15(31-34(10,11)22(4,5)6)19(32-18(14)25-7)29-12-26-13-16(24)27-20(23)28-17(13)29/h12,14-15,18-19H,1-11H3,(H2,24,27,28)/q-1/t14-,15+,18-,19+/m0/s1. The zero-order chi connectivity index (χ0) is 25.9. The Hall–Kier alpha value is -0.696. The molecular formula is C22H40ClN6O2SSi2-. The molecule has 12 heteroatoms. The second-order valence-corrected chi connectivity index (χ2v) is 23.2. The lowest BCUT2D eigenvalue weighted by atomic mass is 10.2. The molecule has 1 aliphatic rings. The van der Waals surface area contributed by atoms with Crippen LogP contribution < -0.4 is 5.73 Å². The first-order valence-electron chi connectivity index (χ1n) is 11.7. The maximum atomic E-state index is 7.11. The summed E-state index contributed by atoms with van der Waals surface area (Å²) in [6.07, 6.45) is 1.33. The first-order valence-corrected chi connectivity index (χ1v) is 18.8. The van der Waals surface area contributed by atoms with Gasteiger partial charge in [0.05, 0.1) is 18.5 Å². The Labute approximate surface area is 215 Å². The number of aromatic nitrogens is 4. The molecule has 2 N–H and O–H groups in total. The second kappa shape index (κ2) is 9.31. The lowest BCUT2D eigenvalue weighted by molar-refractivity contribution is 0.0376. The number of likely N-dealkylation sites (N-methyl/N-ethyl adjacent to an activating group) is 1. The van der Waals surface area contributed by atoms with Gasteiger partial charge in [-0.3, -0.25) is 4.57 Å². The Morgan fingerprint density at radius 3 is 2.03 bits per heavy atom. The quantitative estimate of drug-likeness (QED) is 0.331. The molecule has 3 rings (SSSR count). The van der Waals surface area contributed by atoms with E-state index < -0.39 is 16.6 Å². The van der Waals surface area contributed by atoms with Crippen molar-refractivity contribution in [2.75, 3.05) is 12.8 Å². The molecule has 2 aromatic heterocycles. The van der Waals surface area contributed by atoms with E-state index in [1.54, 1.807) is 18.1 Å². The summed E-state index contributed by atoms with van der Waals surface area (Å²) in [6, 6.07) is 0. The molecule has 0 bridgehead atoms. The summed E-state index contributed by atoms with van der Waals surface area (Å²) in [5.74, 6) is 0.268. The second-order valence-electron chi connectivity index (χ2n) is 12.1. The average Bonchev–Trinajstić information content (AvgIpc) is 3.21. The summed E-state index contributed by atoms with van der Waals surface area (Å²) in [7, 11) is -2.41. The van der Waals surface area contributed by atoms with Gasteiger partial charge in [0.15, 0.2) is 28.1 Å². The molecule has 3 heterocycles. The molecule has 2 aromatic rings. The Morgan fingerprint density at radius 1 is 1.00 bits per heavy atom. The van der Waals surface area contributed by atoms with Crippen LogP contribution in [0.4, 0.5) is 5.82 Å². The van der Waals surface area contributed by atoms with Crippen molar-refractivity contribution in [3.8, 4) is 0 Å². The predicted octanol–water partition coefficient (Wildman–Crippen LogP) is 6.42. The molecule has 1 saturated heterocycles. The van der Waals surface area contributed by atoms with E-state index in [1.807, 2.05) is 11.6 Å². The van der Waals surface area contributed by atoms with Gasteiger partial charge in [0.2, 0.25) is 5.28 Å². The number of halogens is 1. The third-order valence-electron chi connectivity index (χ3n) is 7.59. The lowest BCUT2D eigenvalue weighted by Crippen LogP contribution is -2.53. The van der Waals surface area contributed by atoms with E-state index >= 15 is 0 Å². The molecule has 0 radical (unpaired) electrons. The largest absolute Gasteiger partial charge is 0.651 e. The molecule has 34 heavy (non-hydrogen) atoms. The molecule has 1 aliphatic heterocycles. The minimum Gasteiger partial charge on any atom is -0.651 e. The van der Waals surface area contributed by atoms with Crippen molar-refractivity contribution in [1.29, 1.82) is 0 Å². The number of fused-ring (bicyclic) bond motifs is 1. The Morgan fingerprint density at radius 2 is 1.53 bits per heavy atom. The van der Waals surface area contributed by atoms with E-state index in [2.05, 4.69) is 82.7 Å². The Balaban J connectivity index is 2.13. The number of hydrogen-bond donors (Lipinski definition) is 1. The van der Waals surface area contributed by atoms with Gasteiger partial charge in [-0.1, -0.05) is 46.9 Å². The van der Waals surface area contributed by atoms with Crippen LogP contribution in [0.5, 0.6) is 0 Å². The van der Waals surface area contributed by atoms with E-state index in [9.17, 15) is 0 Å². The van der Waals surface area contributed by atoms with Crippen LogP contribution in [-0.2, 0) is 8.85 Å². The monoisotopic (exact) mass is 543 g/mol. The van der Waals surface area contributed by atoms with Crippen molar-refractivity contribution in [2.24, 2.45) is 0 Å². The Bertz CT molecular complexity index is 1040. The van der Waals surface area contributed by atoms with Crippen LogP contribution in [0.25, 0.3) is 16.5 Å². The maximum Gasteiger partial charge on any atom is 0.226 e. The first kappa shape index (κ1) is 27.9. The highest BCUT2D eigenvalue weighted by atomic mass is 35.5. The summed E-state index contributed by atoms with van der Waals surface area (Å²) in [5.41, 5.74) is 7.23. The smallest absolute Gasteiger partial charge is 0.226 e. The zero-order valence-corrected chi connectivity index (χ0v) is 25.9. The van der Waals surface area contributed by atoms with Gasteiger partial charge < -0.3 is 19.9 Å². The van der Waals surface area contributed by atoms with Gasteiger partial charge in [0, 0.05) is 0 Å². The number of anilines is 1. The van der Waals surface area contributed by atoms with Gasteiger partial charge in [0.1, 0.15) is 10.9 Å². The van der Waals surface area contributed by atoms with Crippen LogP contribution in [0.2, 0.25) is 41.5 Å². The maximum absolute atomic E-state index is 7.11. The van der Waals surface area contributed by atoms with Crippen molar-refractivity contribution < 1.29 is 8.85 Å². The van der Waals surface area contributed by atoms with Gasteiger partial charge in [-0.15, -0.1) is 0 Å². The van der Waals surface area contributed by atoms with Crippen LogP contribution >= 0.6 is 23.4 Å². The molecule has 0 saturated carbocycles. The molecule has 0 aromatic carbocycles. The fourth-order valence-corrected chi connectivity index (χ4v) is 7.82. The van der Waals surface area contributed by atoms with E-state index in [0.29, 0.717) is 11.2 Å². The number of nitrogens with zero attached hydrogens (tertiary/aromatic N) is 5. The number of hydrogen-bond acceptors (Lipinski definition) is 7. The van der Waals surface area contributed by atoms with Gasteiger partial charge in [-0.25, -0.2) is 4.98 Å². The molecule has 192 valence electrons. The number of nitrogen functional groups attached to an aromatic ring is 1. The van der Waals surface area contributed by atoms with E-state index in [0.717, 1.165) is 0 Å². The number of thioether (sulfide) groups is 1. The average molecular weight is 544 g/mol. The molecular weight excluding hydrogens is 504 g/mol. The van der Waals surface area contributed by atoms with Crippen molar-refractivity contribution in [3.05, 3.63) is 16.9 Å². The predicted molar refractivity (Wildman–Crippen MR) is 149 cm³/mol. The van der Waals surface area contributed by atoms with Gasteiger partial charge in [0.25, 0.3) is 0 Å². The SMILES string of the molecule is C[N-][C@H]1S[C@@H](n2cnc3c(N)nc(Cl)nc32)[C@H](O[Si](C)(C)C(C)(C)C)[C@@H]1O[Si](C)(C)C(C)(C)C. The highest BCUT2D eigenvalue weighted by molar-refractivity contribution is 8.00. The van der Waals surface area contributed by atoms with Crippen LogP contribution in [-0.4, -0.2) is 60.8 Å². The number of rotatable bonds is 6. The first-order chi connectivity index (χ1) is 15.4. The van der Waals surface area contributed by atoms with E-state index in [1.165, 1.54) is 0 Å². The highest BCUT2D eigenvalue weighted by Crippen LogP contribution is 2.52. The summed E-state index contributed by atoms with van der Waals surface area (Å²) in [4.78, 5) is 13.0. The van der Waals surface area contributed by atoms with Gasteiger partial charge in [-0.2, -0.15) is 28.8 Å². The fourth-order valence-electron chi connectivity index (χ4n) is 3.44. The molecule has 0 amide bonds. The minimum absolute atomic E-state index is 0.0398. The third kappa shape index (κ3) is 5.21. The Kier molecular flexibility index (Phi) is 7.64. The molecule has 0 unspecified atom stereocenters. The highest BCUT2D eigenvalue weighted by Gasteiger charge is 2.51. The van der Waals surface area contributed by atoms with E-state index in [-0.39, 0.29) is 44.1 Å². The van der Waals surface area contributed by atoms with Crippen LogP contribution in [0, 0.1) is 0 Å². The molecule has 8 nitrogen and oxygen atoms in total. The topological polar surface area (TPSA) is 102 Å². The minimum atomic E-state index is -2.16. The zero-order valence-electron chi connectivity index (χ0n) is 22.3.